The van der Waals surface area contributed by atoms with E-state index >= 15 is 0 Å². The van der Waals surface area contributed by atoms with Crippen molar-refractivity contribution in [3.63, 3.8) is 0 Å². The molecule has 5 heteroatoms. The number of aliphatic hydroxyl groups is 1. The number of hydrogen-bond donors (Lipinski definition) is 1. The lowest BCUT2D eigenvalue weighted by molar-refractivity contribution is -0.163. The number of benzene rings is 3. The summed E-state index contributed by atoms with van der Waals surface area (Å²) in [7, 11) is 0. The van der Waals surface area contributed by atoms with Gasteiger partial charge in [0.15, 0.2) is 0 Å². The summed E-state index contributed by atoms with van der Waals surface area (Å²) in [5, 5.41) is 11.4. The summed E-state index contributed by atoms with van der Waals surface area (Å²) < 4.78 is 18.5. The van der Waals surface area contributed by atoms with Crippen LogP contribution in [0.3, 0.4) is 0 Å². The van der Waals surface area contributed by atoms with Gasteiger partial charge in [-0.25, -0.2) is 9.18 Å². The molecule has 0 aliphatic heterocycles. The van der Waals surface area contributed by atoms with E-state index in [4.69, 9.17) is 16.3 Å². The zero-order valence-electron chi connectivity index (χ0n) is 13.7. The highest BCUT2D eigenvalue weighted by Gasteiger charge is 2.41. The zero-order chi connectivity index (χ0) is 18.6. The van der Waals surface area contributed by atoms with E-state index in [2.05, 4.69) is 0 Å². The minimum Gasteiger partial charge on any atom is -0.458 e. The highest BCUT2D eigenvalue weighted by molar-refractivity contribution is 6.31. The first-order valence-electron chi connectivity index (χ1n) is 7.96. The van der Waals surface area contributed by atoms with Crippen LogP contribution in [0.2, 0.25) is 5.02 Å². The van der Waals surface area contributed by atoms with Gasteiger partial charge in [0, 0.05) is 5.56 Å². The third-order valence-electron chi connectivity index (χ3n) is 4.05. The van der Waals surface area contributed by atoms with Gasteiger partial charge < -0.3 is 9.84 Å². The minimum absolute atomic E-state index is 0.153. The Hall–Kier alpha value is -2.69. The van der Waals surface area contributed by atoms with Crippen LogP contribution in [0.25, 0.3) is 0 Å². The maximum atomic E-state index is 13.1. The highest BCUT2D eigenvalue weighted by atomic mass is 35.5. The average Bonchev–Trinajstić information content (AvgIpc) is 2.68. The molecule has 0 saturated heterocycles. The van der Waals surface area contributed by atoms with Crippen molar-refractivity contribution < 1.29 is 19.0 Å². The molecule has 3 aromatic carbocycles. The van der Waals surface area contributed by atoms with Crippen LogP contribution in [-0.2, 0) is 21.7 Å². The van der Waals surface area contributed by atoms with Crippen LogP contribution in [0.1, 0.15) is 16.7 Å². The van der Waals surface area contributed by atoms with Gasteiger partial charge in [0.25, 0.3) is 0 Å². The van der Waals surface area contributed by atoms with Crippen LogP contribution in [0.4, 0.5) is 4.39 Å². The Morgan fingerprint density at radius 3 is 2.00 bits per heavy atom. The number of rotatable bonds is 5. The van der Waals surface area contributed by atoms with Gasteiger partial charge >= 0.3 is 5.97 Å². The van der Waals surface area contributed by atoms with E-state index in [0.717, 1.165) is 6.07 Å². The SMILES string of the molecule is O=C(OCc1ccc(F)cc1Cl)C(O)(c1ccccc1)c1ccccc1. The predicted octanol–water partition coefficient (Wildman–Crippen LogP) is 4.46. The number of hydrogen-bond acceptors (Lipinski definition) is 3. The molecule has 0 spiro atoms. The molecule has 26 heavy (non-hydrogen) atoms. The molecule has 0 fully saturated rings. The summed E-state index contributed by atoms with van der Waals surface area (Å²) in [6.07, 6.45) is 0. The van der Waals surface area contributed by atoms with E-state index in [-0.39, 0.29) is 11.6 Å². The monoisotopic (exact) mass is 370 g/mol. The van der Waals surface area contributed by atoms with E-state index in [1.807, 2.05) is 0 Å². The predicted molar refractivity (Wildman–Crippen MR) is 97.1 cm³/mol. The molecule has 0 atom stereocenters. The Morgan fingerprint density at radius 2 is 1.50 bits per heavy atom. The summed E-state index contributed by atoms with van der Waals surface area (Å²) in [6, 6.07) is 20.9. The number of esters is 1. The van der Waals surface area contributed by atoms with E-state index in [1.165, 1.54) is 12.1 Å². The summed E-state index contributed by atoms with van der Waals surface area (Å²) in [6.45, 7) is -0.181. The molecule has 0 bridgehead atoms. The van der Waals surface area contributed by atoms with Crippen molar-refractivity contribution in [3.05, 3.63) is 106 Å². The fourth-order valence-corrected chi connectivity index (χ4v) is 2.87. The molecule has 0 unspecified atom stereocenters. The van der Waals surface area contributed by atoms with Crippen LogP contribution < -0.4 is 0 Å². The largest absolute Gasteiger partial charge is 0.458 e. The molecular formula is C21H16ClFO3. The van der Waals surface area contributed by atoms with Gasteiger partial charge in [-0.3, -0.25) is 0 Å². The van der Waals surface area contributed by atoms with Crippen LogP contribution in [0.15, 0.2) is 78.9 Å². The van der Waals surface area contributed by atoms with Crippen molar-refractivity contribution in [3.8, 4) is 0 Å². The summed E-state index contributed by atoms with van der Waals surface area (Å²) in [5.41, 5.74) is -0.734. The van der Waals surface area contributed by atoms with E-state index in [1.54, 1.807) is 60.7 Å². The smallest absolute Gasteiger partial charge is 0.348 e. The van der Waals surface area contributed by atoms with Gasteiger partial charge in [0.05, 0.1) is 5.02 Å². The van der Waals surface area contributed by atoms with Crippen LogP contribution in [0, 0.1) is 5.82 Å². The van der Waals surface area contributed by atoms with Crippen molar-refractivity contribution in [2.75, 3.05) is 0 Å². The average molecular weight is 371 g/mol. The molecule has 132 valence electrons. The molecule has 0 heterocycles. The van der Waals surface area contributed by atoms with Crippen molar-refractivity contribution in [1.29, 1.82) is 0 Å². The normalized spacial score (nSPS) is 11.2. The Labute approximate surface area is 155 Å². The molecule has 1 N–H and O–H groups in total. The molecule has 0 amide bonds. The van der Waals surface area contributed by atoms with Crippen molar-refractivity contribution in [1.82, 2.24) is 0 Å². The number of halogens is 2. The molecule has 3 rings (SSSR count). The standard InChI is InChI=1S/C21H16ClFO3/c22-19-13-18(23)12-11-15(19)14-26-20(24)21(25,16-7-3-1-4-8-16)17-9-5-2-6-10-17/h1-13,25H,14H2. The van der Waals surface area contributed by atoms with E-state index < -0.39 is 17.4 Å². The Morgan fingerprint density at radius 1 is 0.962 bits per heavy atom. The van der Waals surface area contributed by atoms with Gasteiger partial charge in [0.2, 0.25) is 5.60 Å². The summed E-state index contributed by atoms with van der Waals surface area (Å²) >= 11 is 5.97. The second-order valence-corrected chi connectivity index (χ2v) is 6.16. The van der Waals surface area contributed by atoms with Crippen LogP contribution >= 0.6 is 11.6 Å². The van der Waals surface area contributed by atoms with Crippen LogP contribution in [0.5, 0.6) is 0 Å². The summed E-state index contributed by atoms with van der Waals surface area (Å²) in [4.78, 5) is 12.8. The van der Waals surface area contributed by atoms with Crippen molar-refractivity contribution in [2.45, 2.75) is 12.2 Å². The Kier molecular flexibility index (Phi) is 5.35. The van der Waals surface area contributed by atoms with Gasteiger partial charge in [-0.1, -0.05) is 78.3 Å². The van der Waals surface area contributed by atoms with Crippen molar-refractivity contribution >= 4 is 17.6 Å². The Bertz CT molecular complexity index is 858. The molecule has 3 nitrogen and oxygen atoms in total. The molecule has 0 aliphatic carbocycles. The minimum atomic E-state index is -1.96. The topological polar surface area (TPSA) is 46.5 Å². The lowest BCUT2D eigenvalue weighted by Gasteiger charge is -2.27. The lowest BCUT2D eigenvalue weighted by atomic mass is 9.86. The first-order valence-corrected chi connectivity index (χ1v) is 8.34. The van der Waals surface area contributed by atoms with Gasteiger partial charge in [-0.2, -0.15) is 0 Å². The van der Waals surface area contributed by atoms with Gasteiger partial charge in [-0.05, 0) is 23.3 Å². The quantitative estimate of drug-likeness (QED) is 0.674. The van der Waals surface area contributed by atoms with E-state index in [0.29, 0.717) is 16.7 Å². The fraction of sp³-hybridized carbons (Fsp3) is 0.0952. The van der Waals surface area contributed by atoms with E-state index in [9.17, 15) is 14.3 Å². The summed E-state index contributed by atoms with van der Waals surface area (Å²) in [5.74, 6) is -1.31. The second-order valence-electron chi connectivity index (χ2n) is 5.75. The Balaban J connectivity index is 1.91. The molecule has 3 aromatic rings. The molecular weight excluding hydrogens is 355 g/mol. The zero-order valence-corrected chi connectivity index (χ0v) is 14.5. The maximum absolute atomic E-state index is 13.1. The lowest BCUT2D eigenvalue weighted by Crippen LogP contribution is -2.38. The fourth-order valence-electron chi connectivity index (χ4n) is 2.65. The first kappa shape index (κ1) is 18.1. The number of carbonyl (C=O) groups is 1. The number of carbonyl (C=O) groups excluding carboxylic acids is 1. The molecule has 0 aromatic heterocycles. The van der Waals surface area contributed by atoms with Crippen molar-refractivity contribution in [2.24, 2.45) is 0 Å². The maximum Gasteiger partial charge on any atom is 0.348 e. The third-order valence-corrected chi connectivity index (χ3v) is 4.40. The molecule has 0 saturated carbocycles. The number of ether oxygens (including phenoxy) is 1. The van der Waals surface area contributed by atoms with Crippen LogP contribution in [-0.4, -0.2) is 11.1 Å². The first-order chi connectivity index (χ1) is 12.5. The second kappa shape index (κ2) is 7.68. The third kappa shape index (κ3) is 3.62. The highest BCUT2D eigenvalue weighted by Crippen LogP contribution is 2.31. The molecule has 0 aliphatic rings. The van der Waals surface area contributed by atoms with Gasteiger partial charge in [-0.15, -0.1) is 0 Å². The van der Waals surface area contributed by atoms with Gasteiger partial charge in [0.1, 0.15) is 12.4 Å². The molecule has 0 radical (unpaired) electrons.